The van der Waals surface area contributed by atoms with Crippen LogP contribution in [0.5, 0.6) is 0 Å². The van der Waals surface area contributed by atoms with Gasteiger partial charge < -0.3 is 14.5 Å². The molecule has 0 bridgehead atoms. The van der Waals surface area contributed by atoms with Crippen LogP contribution in [-0.2, 0) is 27.4 Å². The number of benzene rings is 3. The van der Waals surface area contributed by atoms with Crippen LogP contribution < -0.4 is 5.32 Å². The fourth-order valence-corrected chi connectivity index (χ4v) is 3.72. The summed E-state index contributed by atoms with van der Waals surface area (Å²) in [5, 5.41) is 23.3. The fraction of sp³-hybridized carbons (Fsp3) is 0.231. The predicted molar refractivity (Wildman–Crippen MR) is 131 cm³/mol. The monoisotopic (exact) mass is 488 g/mol. The van der Waals surface area contributed by atoms with E-state index < -0.39 is 16.9 Å². The Morgan fingerprint density at radius 1 is 1.03 bits per heavy atom. The molecule has 1 amide bonds. The average Bonchev–Trinajstić information content (AvgIpc) is 3.35. The maximum Gasteiger partial charge on any atom is 0.329 e. The second-order valence-electron chi connectivity index (χ2n) is 8.52. The molecule has 4 rings (SSSR count). The predicted octanol–water partition coefficient (Wildman–Crippen LogP) is 4.22. The molecule has 36 heavy (non-hydrogen) atoms. The lowest BCUT2D eigenvalue weighted by Gasteiger charge is -2.20. The number of nitrogens with one attached hydrogen (secondary N) is 1. The van der Waals surface area contributed by atoms with Crippen molar-refractivity contribution in [2.24, 2.45) is 5.92 Å². The number of rotatable bonds is 9. The lowest BCUT2D eigenvalue weighted by molar-refractivity contribution is -0.384. The maximum atomic E-state index is 12.8. The van der Waals surface area contributed by atoms with Crippen LogP contribution in [0.15, 0.2) is 71.1 Å². The minimum absolute atomic E-state index is 0.0568. The molecule has 10 heteroatoms. The first-order valence-electron chi connectivity index (χ1n) is 11.3. The van der Waals surface area contributed by atoms with Crippen molar-refractivity contribution in [2.45, 2.75) is 32.9 Å². The van der Waals surface area contributed by atoms with Crippen LogP contribution in [0.4, 0.5) is 5.69 Å². The molecule has 1 unspecified atom stereocenters. The van der Waals surface area contributed by atoms with Gasteiger partial charge in [0.15, 0.2) is 6.61 Å². The maximum absolute atomic E-state index is 12.8. The Morgan fingerprint density at radius 3 is 2.47 bits per heavy atom. The van der Waals surface area contributed by atoms with Crippen LogP contribution in [-0.4, -0.2) is 33.0 Å². The van der Waals surface area contributed by atoms with E-state index in [4.69, 9.17) is 9.15 Å². The van der Waals surface area contributed by atoms with Gasteiger partial charge >= 0.3 is 5.97 Å². The van der Waals surface area contributed by atoms with E-state index in [1.807, 2.05) is 56.3 Å². The molecule has 0 aliphatic rings. The van der Waals surface area contributed by atoms with Gasteiger partial charge in [0, 0.05) is 17.7 Å². The number of carbonyl (C=O) groups is 2. The zero-order valence-corrected chi connectivity index (χ0v) is 19.7. The second-order valence-corrected chi connectivity index (χ2v) is 8.52. The van der Waals surface area contributed by atoms with Gasteiger partial charge in [-0.3, -0.25) is 14.9 Å². The molecule has 0 fully saturated rings. The smallest absolute Gasteiger partial charge is 0.329 e. The zero-order valence-electron chi connectivity index (χ0n) is 19.7. The second kappa shape index (κ2) is 10.8. The summed E-state index contributed by atoms with van der Waals surface area (Å²) in [5.41, 5.74) is 1.30. The van der Waals surface area contributed by atoms with Crippen LogP contribution >= 0.6 is 0 Å². The van der Waals surface area contributed by atoms with E-state index in [1.165, 1.54) is 24.3 Å². The molecule has 0 saturated heterocycles. The highest BCUT2D eigenvalue weighted by atomic mass is 16.6. The summed E-state index contributed by atoms with van der Waals surface area (Å²) in [4.78, 5) is 35.8. The number of nitro groups is 1. The molecule has 3 aromatic carbocycles. The standard InChI is InChI=1S/C26H24N4O6/c1-16(2)24(27-22(31)14-19-8-5-7-17-6-3-4-9-21(17)19)26(32)35-15-23-28-29-25(36-23)18-10-12-20(13-11-18)30(33)34/h3-13,16,24H,14-15H2,1-2H3,(H,27,31). The van der Waals surface area contributed by atoms with Gasteiger partial charge in [0.05, 0.1) is 11.3 Å². The van der Waals surface area contributed by atoms with E-state index >= 15 is 0 Å². The van der Waals surface area contributed by atoms with E-state index in [-0.39, 0.29) is 42.3 Å². The third-order valence-corrected chi connectivity index (χ3v) is 5.60. The van der Waals surface area contributed by atoms with Crippen molar-refractivity contribution in [3.63, 3.8) is 0 Å². The Bertz CT molecular complexity index is 1390. The van der Waals surface area contributed by atoms with E-state index in [0.29, 0.717) is 5.56 Å². The topological polar surface area (TPSA) is 137 Å². The zero-order chi connectivity index (χ0) is 25.7. The number of carbonyl (C=O) groups excluding carboxylic acids is 2. The number of ether oxygens (including phenoxy) is 1. The molecule has 1 atom stereocenters. The highest BCUT2D eigenvalue weighted by molar-refractivity contribution is 5.91. The van der Waals surface area contributed by atoms with Crippen molar-refractivity contribution in [1.82, 2.24) is 15.5 Å². The van der Waals surface area contributed by atoms with Crippen LogP contribution in [0.2, 0.25) is 0 Å². The van der Waals surface area contributed by atoms with Gasteiger partial charge in [0.2, 0.25) is 11.8 Å². The van der Waals surface area contributed by atoms with Gasteiger partial charge in [-0.05, 0) is 34.4 Å². The van der Waals surface area contributed by atoms with E-state index in [2.05, 4.69) is 15.5 Å². The molecule has 1 heterocycles. The number of aromatic nitrogens is 2. The van der Waals surface area contributed by atoms with E-state index in [0.717, 1.165) is 16.3 Å². The number of hydrogen-bond donors (Lipinski definition) is 1. The van der Waals surface area contributed by atoms with Gasteiger partial charge in [0.1, 0.15) is 6.04 Å². The lowest BCUT2D eigenvalue weighted by Crippen LogP contribution is -2.45. The third kappa shape index (κ3) is 5.72. The molecular formula is C26H24N4O6. The molecule has 0 spiro atoms. The van der Waals surface area contributed by atoms with Crippen molar-refractivity contribution in [3.8, 4) is 11.5 Å². The van der Waals surface area contributed by atoms with E-state index in [1.54, 1.807) is 0 Å². The van der Waals surface area contributed by atoms with Crippen LogP contribution in [0, 0.1) is 16.0 Å². The highest BCUT2D eigenvalue weighted by Gasteiger charge is 2.26. The Balaban J connectivity index is 1.36. The van der Waals surface area contributed by atoms with Gasteiger partial charge in [-0.1, -0.05) is 56.3 Å². The number of nitrogens with zero attached hydrogens (tertiary/aromatic N) is 3. The van der Waals surface area contributed by atoms with Crippen molar-refractivity contribution in [2.75, 3.05) is 0 Å². The minimum atomic E-state index is -0.857. The number of hydrogen-bond acceptors (Lipinski definition) is 8. The molecule has 0 aliphatic carbocycles. The van der Waals surface area contributed by atoms with Crippen LogP contribution in [0.25, 0.3) is 22.2 Å². The molecule has 10 nitrogen and oxygen atoms in total. The van der Waals surface area contributed by atoms with Gasteiger partial charge in [-0.15, -0.1) is 10.2 Å². The summed E-state index contributed by atoms with van der Waals surface area (Å²) < 4.78 is 10.8. The Labute approximate surface area is 206 Å². The molecule has 0 radical (unpaired) electrons. The summed E-state index contributed by atoms with van der Waals surface area (Å²) in [6.07, 6.45) is 0.125. The first-order valence-corrected chi connectivity index (χ1v) is 11.3. The largest absolute Gasteiger partial charge is 0.454 e. The number of fused-ring (bicyclic) bond motifs is 1. The molecule has 184 valence electrons. The summed E-state index contributed by atoms with van der Waals surface area (Å²) in [6.45, 7) is 3.34. The number of nitro benzene ring substituents is 1. The molecule has 4 aromatic rings. The highest BCUT2D eigenvalue weighted by Crippen LogP contribution is 2.22. The normalized spacial score (nSPS) is 11.9. The molecule has 1 N–H and O–H groups in total. The Hall–Kier alpha value is -4.60. The van der Waals surface area contributed by atoms with Gasteiger partial charge in [0.25, 0.3) is 11.6 Å². The Kier molecular flexibility index (Phi) is 7.33. The lowest BCUT2D eigenvalue weighted by atomic mass is 10.0. The molecule has 1 aromatic heterocycles. The van der Waals surface area contributed by atoms with E-state index in [9.17, 15) is 19.7 Å². The molecule has 0 saturated carbocycles. The van der Waals surface area contributed by atoms with Gasteiger partial charge in [-0.25, -0.2) is 4.79 Å². The van der Waals surface area contributed by atoms with Crippen molar-refractivity contribution < 1.29 is 23.7 Å². The summed E-state index contributed by atoms with van der Waals surface area (Å²) in [6, 6.07) is 18.3. The number of amides is 1. The SMILES string of the molecule is CC(C)C(NC(=O)Cc1cccc2ccccc12)C(=O)OCc1nnc(-c2ccc([N+](=O)[O-])cc2)o1. The Morgan fingerprint density at radius 2 is 1.75 bits per heavy atom. The minimum Gasteiger partial charge on any atom is -0.454 e. The first kappa shape index (κ1) is 24.5. The number of esters is 1. The molecular weight excluding hydrogens is 464 g/mol. The summed E-state index contributed by atoms with van der Waals surface area (Å²) in [5.74, 6) is -0.931. The van der Waals surface area contributed by atoms with Crippen molar-refractivity contribution >= 4 is 28.3 Å². The fourth-order valence-electron chi connectivity index (χ4n) is 3.72. The number of non-ortho nitro benzene ring substituents is 1. The van der Waals surface area contributed by atoms with Crippen LogP contribution in [0.1, 0.15) is 25.3 Å². The summed E-state index contributed by atoms with van der Waals surface area (Å²) >= 11 is 0. The molecule has 0 aliphatic heterocycles. The summed E-state index contributed by atoms with van der Waals surface area (Å²) in [7, 11) is 0. The van der Waals surface area contributed by atoms with Crippen molar-refractivity contribution in [3.05, 3.63) is 88.3 Å². The van der Waals surface area contributed by atoms with Crippen LogP contribution in [0.3, 0.4) is 0 Å². The van der Waals surface area contributed by atoms with Gasteiger partial charge in [-0.2, -0.15) is 0 Å². The van der Waals surface area contributed by atoms with Crippen molar-refractivity contribution in [1.29, 1.82) is 0 Å². The quantitative estimate of drug-likeness (QED) is 0.210. The first-order chi connectivity index (χ1) is 17.3. The average molecular weight is 489 g/mol. The third-order valence-electron chi connectivity index (χ3n) is 5.60.